The largest absolute Gasteiger partial charge is 0.444 e. The van der Waals surface area contributed by atoms with Crippen LogP contribution in [0.2, 0.25) is 0 Å². The summed E-state index contributed by atoms with van der Waals surface area (Å²) < 4.78 is 6.35. The number of hydrogen-bond donors (Lipinski definition) is 1. The minimum atomic E-state index is -0.509. The van der Waals surface area contributed by atoms with Crippen LogP contribution < -0.4 is 5.32 Å². The fourth-order valence-electron chi connectivity index (χ4n) is 2.56. The lowest BCUT2D eigenvalue weighted by Crippen LogP contribution is -2.32. The quantitative estimate of drug-likeness (QED) is 0.428. The molecular formula is C22H24N2O2S3. The smallest absolute Gasteiger partial charge is 0.408 e. The van der Waals surface area contributed by atoms with Crippen molar-refractivity contribution >= 4 is 41.0 Å². The third-order valence-electron chi connectivity index (χ3n) is 3.80. The topological polar surface area (TPSA) is 51.2 Å². The lowest BCUT2D eigenvalue weighted by atomic mass is 10.1. The molecule has 1 aromatic heterocycles. The van der Waals surface area contributed by atoms with Gasteiger partial charge in [-0.2, -0.15) is 0 Å². The molecule has 1 heterocycles. The van der Waals surface area contributed by atoms with Gasteiger partial charge in [0.1, 0.15) is 10.6 Å². The minimum absolute atomic E-state index is 0.358. The van der Waals surface area contributed by atoms with Gasteiger partial charge in [-0.3, -0.25) is 0 Å². The fraction of sp³-hybridized carbons (Fsp3) is 0.273. The van der Waals surface area contributed by atoms with Crippen molar-refractivity contribution in [2.45, 2.75) is 46.9 Å². The molecule has 4 nitrogen and oxygen atoms in total. The Morgan fingerprint density at radius 3 is 2.62 bits per heavy atom. The van der Waals surface area contributed by atoms with E-state index in [0.29, 0.717) is 6.54 Å². The van der Waals surface area contributed by atoms with Crippen LogP contribution in [-0.4, -0.2) is 22.9 Å². The Kier molecular flexibility index (Phi) is 7.27. The number of carbonyl (C=O) groups excluding carboxylic acids is 1. The molecule has 0 saturated heterocycles. The van der Waals surface area contributed by atoms with E-state index in [9.17, 15) is 4.79 Å². The zero-order valence-electron chi connectivity index (χ0n) is 16.9. The van der Waals surface area contributed by atoms with Crippen LogP contribution >= 0.6 is 34.9 Å². The molecule has 0 radical (unpaired) electrons. The van der Waals surface area contributed by atoms with E-state index in [1.54, 1.807) is 34.9 Å². The maximum absolute atomic E-state index is 11.8. The van der Waals surface area contributed by atoms with Gasteiger partial charge in [-0.15, -0.1) is 23.1 Å². The second kappa shape index (κ2) is 9.69. The molecule has 0 unspecified atom stereocenters. The molecule has 152 valence electrons. The summed E-state index contributed by atoms with van der Waals surface area (Å²) in [6.07, 6.45) is 3.52. The molecule has 0 spiro atoms. The van der Waals surface area contributed by atoms with E-state index in [-0.39, 0.29) is 0 Å². The Hall–Kier alpha value is -1.96. The van der Waals surface area contributed by atoms with Gasteiger partial charge in [0, 0.05) is 9.79 Å². The molecule has 0 aliphatic rings. The number of aromatic nitrogens is 1. The first-order chi connectivity index (χ1) is 13.8. The van der Waals surface area contributed by atoms with E-state index < -0.39 is 11.7 Å². The Labute approximate surface area is 184 Å². The molecule has 0 aliphatic carbocycles. The number of alkyl carbamates (subject to hydrolysis) is 1. The van der Waals surface area contributed by atoms with Crippen LogP contribution in [0.3, 0.4) is 0 Å². The number of hydrogen-bond acceptors (Lipinski definition) is 6. The Morgan fingerprint density at radius 2 is 1.93 bits per heavy atom. The number of nitrogens with one attached hydrogen (secondary N) is 1. The van der Waals surface area contributed by atoms with E-state index in [0.717, 1.165) is 9.22 Å². The van der Waals surface area contributed by atoms with Crippen molar-refractivity contribution in [2.24, 2.45) is 0 Å². The standard InChI is InChI=1S/C22H24N2O2S3/c1-22(2,3)26-21(25)24-13-19-23-14-20(29-19)28-18-11-10-16(27-4)12-17(18)15-8-6-5-7-9-15/h5-12,14H,13H2,1-4H3,(H,24,25). The monoisotopic (exact) mass is 444 g/mol. The van der Waals surface area contributed by atoms with Crippen molar-refractivity contribution < 1.29 is 9.53 Å². The summed E-state index contributed by atoms with van der Waals surface area (Å²) in [5, 5.41) is 3.61. The maximum atomic E-state index is 11.8. The van der Waals surface area contributed by atoms with Gasteiger partial charge in [-0.1, -0.05) is 42.1 Å². The molecule has 2 aromatic carbocycles. The second-order valence-electron chi connectivity index (χ2n) is 7.26. The Morgan fingerprint density at radius 1 is 1.17 bits per heavy atom. The number of amides is 1. The van der Waals surface area contributed by atoms with E-state index in [2.05, 4.69) is 59.0 Å². The van der Waals surface area contributed by atoms with Gasteiger partial charge in [0.25, 0.3) is 0 Å². The first-order valence-electron chi connectivity index (χ1n) is 9.17. The van der Waals surface area contributed by atoms with Gasteiger partial charge in [0.2, 0.25) is 0 Å². The van der Waals surface area contributed by atoms with Crippen molar-refractivity contribution in [1.82, 2.24) is 10.3 Å². The number of ether oxygens (including phenoxy) is 1. The van der Waals surface area contributed by atoms with Crippen LogP contribution in [0.15, 0.2) is 68.7 Å². The molecule has 0 atom stereocenters. The molecule has 0 saturated carbocycles. The first-order valence-corrected chi connectivity index (χ1v) is 12.0. The number of rotatable bonds is 6. The van der Waals surface area contributed by atoms with E-state index in [1.165, 1.54) is 20.9 Å². The van der Waals surface area contributed by atoms with Crippen LogP contribution in [0.4, 0.5) is 4.79 Å². The van der Waals surface area contributed by atoms with Gasteiger partial charge in [-0.25, -0.2) is 9.78 Å². The van der Waals surface area contributed by atoms with Crippen molar-refractivity contribution in [2.75, 3.05) is 6.26 Å². The van der Waals surface area contributed by atoms with Crippen LogP contribution in [0.1, 0.15) is 25.8 Å². The van der Waals surface area contributed by atoms with Crippen LogP contribution in [0.5, 0.6) is 0 Å². The van der Waals surface area contributed by atoms with Gasteiger partial charge in [-0.05, 0) is 56.4 Å². The number of benzene rings is 2. The Balaban J connectivity index is 1.72. The highest BCUT2D eigenvalue weighted by molar-refractivity contribution is 8.01. The molecule has 0 bridgehead atoms. The molecule has 7 heteroatoms. The summed E-state index contributed by atoms with van der Waals surface area (Å²) in [6.45, 7) is 5.89. The highest BCUT2D eigenvalue weighted by atomic mass is 32.2. The SMILES string of the molecule is CSc1ccc(Sc2cnc(CNC(=O)OC(C)(C)C)s2)c(-c2ccccc2)c1. The van der Waals surface area contributed by atoms with E-state index in [4.69, 9.17) is 4.74 Å². The lowest BCUT2D eigenvalue weighted by molar-refractivity contribution is 0.0523. The van der Waals surface area contributed by atoms with Gasteiger partial charge >= 0.3 is 6.09 Å². The zero-order valence-corrected chi connectivity index (χ0v) is 19.3. The second-order valence-corrected chi connectivity index (χ2v) is 10.6. The van der Waals surface area contributed by atoms with E-state index in [1.807, 2.05) is 33.0 Å². The third-order valence-corrected chi connectivity index (χ3v) is 6.70. The molecule has 29 heavy (non-hydrogen) atoms. The van der Waals surface area contributed by atoms with Gasteiger partial charge in [0.15, 0.2) is 0 Å². The summed E-state index contributed by atoms with van der Waals surface area (Å²) in [5.41, 5.74) is 1.90. The highest BCUT2D eigenvalue weighted by Gasteiger charge is 2.16. The number of carbonyl (C=O) groups is 1. The average molecular weight is 445 g/mol. The third kappa shape index (κ3) is 6.52. The van der Waals surface area contributed by atoms with Gasteiger partial charge in [0.05, 0.1) is 17.0 Å². The summed E-state index contributed by atoms with van der Waals surface area (Å²) in [7, 11) is 0. The van der Waals surface area contributed by atoms with E-state index >= 15 is 0 Å². The summed E-state index contributed by atoms with van der Waals surface area (Å²) in [6, 6.07) is 16.9. The zero-order chi connectivity index (χ0) is 20.9. The normalized spacial score (nSPS) is 11.3. The molecule has 3 aromatic rings. The summed E-state index contributed by atoms with van der Waals surface area (Å²) in [5.74, 6) is 0. The van der Waals surface area contributed by atoms with Crippen LogP contribution in [0, 0.1) is 0 Å². The molecule has 1 amide bonds. The van der Waals surface area contributed by atoms with Crippen molar-refractivity contribution in [3.8, 4) is 11.1 Å². The van der Waals surface area contributed by atoms with Crippen molar-refractivity contribution in [1.29, 1.82) is 0 Å². The van der Waals surface area contributed by atoms with Crippen LogP contribution in [-0.2, 0) is 11.3 Å². The van der Waals surface area contributed by atoms with Crippen molar-refractivity contribution in [3.63, 3.8) is 0 Å². The predicted octanol–water partition coefficient (Wildman–Crippen LogP) is 6.71. The molecule has 1 N–H and O–H groups in total. The summed E-state index contributed by atoms with van der Waals surface area (Å²) in [4.78, 5) is 18.7. The molecular weight excluding hydrogens is 420 g/mol. The fourth-order valence-corrected chi connectivity index (χ4v) is 5.06. The maximum Gasteiger partial charge on any atom is 0.408 e. The lowest BCUT2D eigenvalue weighted by Gasteiger charge is -2.19. The number of thioether (sulfide) groups is 1. The summed E-state index contributed by atoms with van der Waals surface area (Å²) >= 11 is 5.01. The molecule has 3 rings (SSSR count). The predicted molar refractivity (Wildman–Crippen MR) is 123 cm³/mol. The van der Waals surface area contributed by atoms with Crippen LogP contribution in [0.25, 0.3) is 11.1 Å². The minimum Gasteiger partial charge on any atom is -0.444 e. The first kappa shape index (κ1) is 21.7. The number of nitrogens with zero attached hydrogens (tertiary/aromatic N) is 1. The highest BCUT2D eigenvalue weighted by Crippen LogP contribution is 2.40. The van der Waals surface area contributed by atoms with Crippen molar-refractivity contribution in [3.05, 3.63) is 59.7 Å². The Bertz CT molecular complexity index is 966. The average Bonchev–Trinajstić information content (AvgIpc) is 3.13. The molecule has 0 fully saturated rings. The molecule has 0 aliphatic heterocycles. The number of thiazole rings is 1. The van der Waals surface area contributed by atoms with Gasteiger partial charge < -0.3 is 10.1 Å².